The summed E-state index contributed by atoms with van der Waals surface area (Å²) in [7, 11) is -2.46. The van der Waals surface area contributed by atoms with Gasteiger partial charge >= 0.3 is 0 Å². The van der Waals surface area contributed by atoms with E-state index < -0.39 is 33.6 Å². The number of fused-ring (bicyclic) bond motifs is 2. The Morgan fingerprint density at radius 2 is 1.93 bits per heavy atom. The van der Waals surface area contributed by atoms with Crippen molar-refractivity contribution in [3.8, 4) is 5.75 Å². The molecule has 0 bridgehead atoms. The zero-order valence-corrected chi connectivity index (χ0v) is 22.9. The minimum Gasteiger partial charge on any atom is -0.497 e. The van der Waals surface area contributed by atoms with Gasteiger partial charge in [-0.2, -0.15) is 4.31 Å². The van der Waals surface area contributed by atoms with Crippen LogP contribution in [0.25, 0.3) is 11.0 Å². The number of nitrogens with zero attached hydrogens (tertiary/aromatic N) is 3. The van der Waals surface area contributed by atoms with Crippen LogP contribution in [0, 0.1) is 0 Å². The number of aromatic nitrogens is 1. The first-order valence-corrected chi connectivity index (χ1v) is 14.8. The molecule has 2 unspecified atom stereocenters. The summed E-state index contributed by atoms with van der Waals surface area (Å²) >= 11 is 0. The van der Waals surface area contributed by atoms with Crippen LogP contribution in [0.15, 0.2) is 58.1 Å². The van der Waals surface area contributed by atoms with E-state index in [0.717, 1.165) is 19.3 Å². The average Bonchev–Trinajstić information content (AvgIpc) is 3.68. The van der Waals surface area contributed by atoms with Crippen molar-refractivity contribution in [1.29, 1.82) is 0 Å². The molecule has 1 aliphatic carbocycles. The highest BCUT2D eigenvalue weighted by atomic mass is 32.2. The van der Waals surface area contributed by atoms with Crippen LogP contribution in [0.5, 0.6) is 5.75 Å². The second-order valence-electron chi connectivity index (χ2n) is 10.6. The molecular formula is C28H30N4O7S. The molecule has 0 radical (unpaired) electrons. The summed E-state index contributed by atoms with van der Waals surface area (Å²) in [5.41, 5.74) is -0.697. The van der Waals surface area contributed by atoms with Gasteiger partial charge in [-0.15, -0.1) is 0 Å². The van der Waals surface area contributed by atoms with Crippen molar-refractivity contribution >= 4 is 38.6 Å². The Bertz CT molecular complexity index is 1580. The first-order valence-electron chi connectivity index (χ1n) is 13.4. The van der Waals surface area contributed by atoms with E-state index in [1.165, 1.54) is 21.5 Å². The van der Waals surface area contributed by atoms with Crippen LogP contribution in [0.2, 0.25) is 0 Å². The maximum atomic E-state index is 14.2. The Morgan fingerprint density at radius 3 is 2.65 bits per heavy atom. The molecule has 1 aromatic carbocycles. The molecule has 6 rings (SSSR count). The van der Waals surface area contributed by atoms with E-state index >= 15 is 0 Å². The summed E-state index contributed by atoms with van der Waals surface area (Å²) < 4.78 is 38.8. The molecule has 2 amide bonds. The number of ketones is 1. The molecule has 40 heavy (non-hydrogen) atoms. The van der Waals surface area contributed by atoms with E-state index in [1.54, 1.807) is 43.5 Å². The largest absolute Gasteiger partial charge is 0.497 e. The van der Waals surface area contributed by atoms with Gasteiger partial charge in [-0.1, -0.05) is 25.3 Å². The van der Waals surface area contributed by atoms with Crippen molar-refractivity contribution in [3.05, 3.63) is 54.4 Å². The van der Waals surface area contributed by atoms with Crippen molar-refractivity contribution in [2.24, 2.45) is 0 Å². The van der Waals surface area contributed by atoms with Crippen LogP contribution >= 0.6 is 0 Å². The standard InChI is InChI=1S/C28H30N4O7S/c1-38-19-8-9-22-18(15-19)16-23(39-22)26(34)30-28(11-4-2-5-12-28)27(35)31-14-10-20-25(31)21(33)17-32(20)40(36,37)24-7-3-6-13-29-24/h3,6-9,13,15-16,20,25H,2,4-5,10-12,14,17H2,1H3,(H,30,34). The fourth-order valence-corrected chi connectivity index (χ4v) is 7.86. The molecule has 0 spiro atoms. The van der Waals surface area contributed by atoms with Crippen molar-refractivity contribution in [2.45, 2.75) is 61.2 Å². The monoisotopic (exact) mass is 566 g/mol. The number of hydrogen-bond donors (Lipinski definition) is 1. The molecule has 210 valence electrons. The molecule has 2 aliphatic heterocycles. The lowest BCUT2D eigenvalue weighted by Crippen LogP contribution is -2.62. The fourth-order valence-electron chi connectivity index (χ4n) is 6.30. The summed E-state index contributed by atoms with van der Waals surface area (Å²) in [6.07, 6.45) is 4.95. The third kappa shape index (κ3) is 4.35. The summed E-state index contributed by atoms with van der Waals surface area (Å²) in [6, 6.07) is 9.84. The second kappa shape index (κ2) is 10.0. The van der Waals surface area contributed by atoms with Gasteiger partial charge in [0.25, 0.3) is 15.9 Å². The Labute approximate surface area is 231 Å². The molecular weight excluding hydrogens is 536 g/mol. The number of rotatable bonds is 6. The summed E-state index contributed by atoms with van der Waals surface area (Å²) in [5.74, 6) is -0.499. The van der Waals surface area contributed by atoms with Crippen LogP contribution in [0.4, 0.5) is 0 Å². The van der Waals surface area contributed by atoms with Gasteiger partial charge in [0.05, 0.1) is 19.7 Å². The van der Waals surface area contributed by atoms with Crippen LogP contribution in [0.1, 0.15) is 49.1 Å². The predicted molar refractivity (Wildman–Crippen MR) is 143 cm³/mol. The van der Waals surface area contributed by atoms with E-state index in [-0.39, 0.29) is 35.6 Å². The summed E-state index contributed by atoms with van der Waals surface area (Å²) in [6.45, 7) is -0.101. The number of carbonyl (C=O) groups is 3. The number of ether oxygens (including phenoxy) is 1. The molecule has 2 atom stereocenters. The smallest absolute Gasteiger partial charge is 0.287 e. The van der Waals surface area contributed by atoms with E-state index in [1.807, 2.05) is 0 Å². The summed E-state index contributed by atoms with van der Waals surface area (Å²) in [4.78, 5) is 46.3. The topological polar surface area (TPSA) is 139 Å². The Hall–Kier alpha value is -3.77. The van der Waals surface area contributed by atoms with Crippen LogP contribution < -0.4 is 10.1 Å². The SMILES string of the molecule is COc1ccc2oc(C(=O)NC3(C(=O)N4CCC5C4C(=O)CN5S(=O)(=O)c4ccccn4)CCCCC3)cc2c1. The molecule has 3 aliphatic rings. The number of likely N-dealkylation sites (tertiary alicyclic amines) is 1. The average molecular weight is 567 g/mol. The number of furan rings is 1. The van der Waals surface area contributed by atoms with Crippen molar-refractivity contribution < 1.29 is 32.0 Å². The van der Waals surface area contributed by atoms with E-state index in [2.05, 4.69) is 10.3 Å². The summed E-state index contributed by atoms with van der Waals surface area (Å²) in [5, 5.41) is 3.53. The fraction of sp³-hybridized carbons (Fsp3) is 0.429. The lowest BCUT2D eigenvalue weighted by atomic mass is 9.80. The second-order valence-corrected chi connectivity index (χ2v) is 12.4. The Kier molecular flexibility index (Phi) is 6.62. The normalized spacial score (nSPS) is 22.8. The van der Waals surface area contributed by atoms with E-state index in [4.69, 9.17) is 9.15 Å². The predicted octanol–water partition coefficient (Wildman–Crippen LogP) is 2.51. The van der Waals surface area contributed by atoms with Gasteiger partial charge in [0.1, 0.15) is 22.9 Å². The van der Waals surface area contributed by atoms with Crippen molar-refractivity contribution in [3.63, 3.8) is 0 Å². The maximum absolute atomic E-state index is 14.2. The Balaban J connectivity index is 1.26. The zero-order valence-electron chi connectivity index (χ0n) is 22.0. The minimum absolute atomic E-state index is 0.0740. The number of Topliss-reactive ketones (excluding diaryl/α,β-unsaturated/α-hetero) is 1. The van der Waals surface area contributed by atoms with Gasteiger partial charge in [0, 0.05) is 18.1 Å². The van der Waals surface area contributed by atoms with Gasteiger partial charge in [0.2, 0.25) is 5.91 Å². The van der Waals surface area contributed by atoms with Crippen LogP contribution in [-0.4, -0.2) is 78.0 Å². The van der Waals surface area contributed by atoms with Crippen LogP contribution in [-0.2, 0) is 19.6 Å². The Morgan fingerprint density at radius 1 is 1.12 bits per heavy atom. The highest BCUT2D eigenvalue weighted by Crippen LogP contribution is 2.38. The minimum atomic E-state index is -4.02. The van der Waals surface area contributed by atoms with Crippen LogP contribution in [0.3, 0.4) is 0 Å². The quantitative estimate of drug-likeness (QED) is 0.480. The molecule has 4 heterocycles. The highest BCUT2D eigenvalue weighted by molar-refractivity contribution is 7.89. The van der Waals surface area contributed by atoms with Gasteiger partial charge in [-0.3, -0.25) is 14.4 Å². The molecule has 1 saturated carbocycles. The first-order chi connectivity index (χ1) is 19.2. The lowest BCUT2D eigenvalue weighted by molar-refractivity contribution is -0.143. The third-order valence-electron chi connectivity index (χ3n) is 8.27. The maximum Gasteiger partial charge on any atom is 0.287 e. The molecule has 12 heteroatoms. The van der Waals surface area contributed by atoms with Gasteiger partial charge in [0.15, 0.2) is 16.6 Å². The highest BCUT2D eigenvalue weighted by Gasteiger charge is 2.57. The lowest BCUT2D eigenvalue weighted by Gasteiger charge is -2.40. The molecule has 3 aromatic rings. The number of carbonyl (C=O) groups excluding carboxylic acids is 3. The third-order valence-corrected chi connectivity index (χ3v) is 10.1. The number of sulfonamides is 1. The first kappa shape index (κ1) is 26.5. The van der Waals surface area contributed by atoms with Gasteiger partial charge in [-0.25, -0.2) is 13.4 Å². The van der Waals surface area contributed by atoms with E-state index in [0.29, 0.717) is 36.0 Å². The number of amides is 2. The zero-order chi connectivity index (χ0) is 28.1. The number of pyridine rings is 1. The number of methoxy groups -OCH3 is 1. The van der Waals surface area contributed by atoms with Crippen molar-refractivity contribution in [2.75, 3.05) is 20.2 Å². The van der Waals surface area contributed by atoms with Gasteiger partial charge in [-0.05, 0) is 55.7 Å². The molecule has 3 fully saturated rings. The van der Waals surface area contributed by atoms with Gasteiger partial charge < -0.3 is 19.4 Å². The number of nitrogens with one attached hydrogen (secondary N) is 1. The molecule has 11 nitrogen and oxygen atoms in total. The van der Waals surface area contributed by atoms with Crippen molar-refractivity contribution in [1.82, 2.24) is 19.5 Å². The number of benzene rings is 1. The molecule has 1 N–H and O–H groups in total. The van der Waals surface area contributed by atoms with E-state index in [9.17, 15) is 22.8 Å². The number of hydrogen-bond acceptors (Lipinski definition) is 8. The molecule has 2 aromatic heterocycles. The molecule has 2 saturated heterocycles.